The van der Waals surface area contributed by atoms with Crippen LogP contribution >= 0.6 is 11.6 Å². The maximum absolute atomic E-state index is 10.2. The third kappa shape index (κ3) is 4.56. The Kier molecular flexibility index (Phi) is 5.94. The van der Waals surface area contributed by atoms with E-state index in [9.17, 15) is 5.11 Å². The molecule has 0 aliphatic rings. The van der Waals surface area contributed by atoms with E-state index in [2.05, 4.69) is 15.3 Å². The molecule has 2 aromatic carbocycles. The molecule has 3 rings (SSSR count). The van der Waals surface area contributed by atoms with Gasteiger partial charge < -0.3 is 16.2 Å². The first-order chi connectivity index (χ1) is 13.0. The van der Waals surface area contributed by atoms with E-state index in [1.54, 1.807) is 18.3 Å². The van der Waals surface area contributed by atoms with E-state index in [0.717, 1.165) is 17.5 Å². The molecule has 0 fully saturated rings. The summed E-state index contributed by atoms with van der Waals surface area (Å²) in [5.41, 5.74) is 9.62. The Hall–Kier alpha value is -2.63. The van der Waals surface area contributed by atoms with Gasteiger partial charge in [0.25, 0.3) is 0 Å². The van der Waals surface area contributed by atoms with Crippen LogP contribution in [-0.2, 0) is 0 Å². The number of halogens is 1. The van der Waals surface area contributed by atoms with E-state index in [1.165, 1.54) is 11.6 Å². The average molecular weight is 383 g/mol. The normalized spacial score (nSPS) is 12.0. The van der Waals surface area contributed by atoms with Crippen molar-refractivity contribution in [1.82, 2.24) is 9.97 Å². The summed E-state index contributed by atoms with van der Waals surface area (Å²) in [6, 6.07) is 13.0. The minimum atomic E-state index is 0.0221. The Morgan fingerprint density at radius 2 is 1.89 bits per heavy atom. The molecule has 0 aliphatic carbocycles. The van der Waals surface area contributed by atoms with Gasteiger partial charge in [-0.05, 0) is 37.1 Å². The topological polar surface area (TPSA) is 84.1 Å². The standard InChI is InChI=1S/C21H23ClN4O/c1-3-16(23)11-24-21-18(14-6-4-13(2)5-7-14)12-25-20(26-21)17-10-15(22)8-9-19(17)27/h4-10,12,16,27H,3,11,23H2,1-2H3,(H,24,25,26)/t16-/m1/s1. The SMILES string of the molecule is CC[C@@H](N)CNc1nc(-c2cc(Cl)ccc2O)ncc1-c1ccc(C)cc1. The van der Waals surface area contributed by atoms with Crippen LogP contribution in [0.3, 0.4) is 0 Å². The van der Waals surface area contributed by atoms with Crippen LogP contribution < -0.4 is 11.1 Å². The van der Waals surface area contributed by atoms with Crippen LogP contribution in [-0.4, -0.2) is 27.7 Å². The lowest BCUT2D eigenvalue weighted by Crippen LogP contribution is -2.28. The lowest BCUT2D eigenvalue weighted by Gasteiger charge is -2.15. The Labute approximate surface area is 164 Å². The molecule has 0 aliphatic heterocycles. The summed E-state index contributed by atoms with van der Waals surface area (Å²) < 4.78 is 0. The Morgan fingerprint density at radius 3 is 2.59 bits per heavy atom. The van der Waals surface area contributed by atoms with Gasteiger partial charge in [-0.2, -0.15) is 0 Å². The zero-order valence-electron chi connectivity index (χ0n) is 15.4. The highest BCUT2D eigenvalue weighted by Crippen LogP contribution is 2.33. The van der Waals surface area contributed by atoms with Gasteiger partial charge in [0.2, 0.25) is 0 Å². The number of nitrogens with one attached hydrogen (secondary N) is 1. The number of phenols is 1. The highest BCUT2D eigenvalue weighted by atomic mass is 35.5. The van der Waals surface area contributed by atoms with Crippen molar-refractivity contribution in [2.24, 2.45) is 5.73 Å². The first-order valence-corrected chi connectivity index (χ1v) is 9.28. The van der Waals surface area contributed by atoms with Crippen molar-refractivity contribution >= 4 is 17.4 Å². The average Bonchev–Trinajstić information content (AvgIpc) is 2.68. The summed E-state index contributed by atoms with van der Waals surface area (Å²) in [6.45, 7) is 4.68. The summed E-state index contributed by atoms with van der Waals surface area (Å²) in [6.07, 6.45) is 2.62. The van der Waals surface area contributed by atoms with Crippen molar-refractivity contribution in [2.45, 2.75) is 26.3 Å². The van der Waals surface area contributed by atoms with Gasteiger partial charge in [0, 0.05) is 29.4 Å². The predicted molar refractivity (Wildman–Crippen MR) is 111 cm³/mol. The highest BCUT2D eigenvalue weighted by Gasteiger charge is 2.14. The molecule has 0 amide bonds. The number of hydrogen-bond donors (Lipinski definition) is 3. The van der Waals surface area contributed by atoms with Crippen LogP contribution in [0.1, 0.15) is 18.9 Å². The maximum atomic E-state index is 10.2. The molecule has 1 aromatic heterocycles. The van der Waals surface area contributed by atoms with Crippen molar-refractivity contribution in [3.63, 3.8) is 0 Å². The van der Waals surface area contributed by atoms with Gasteiger partial charge in [0.15, 0.2) is 5.82 Å². The Morgan fingerprint density at radius 1 is 1.15 bits per heavy atom. The first kappa shape index (κ1) is 19.1. The summed E-state index contributed by atoms with van der Waals surface area (Å²) >= 11 is 6.07. The van der Waals surface area contributed by atoms with Gasteiger partial charge in [-0.1, -0.05) is 48.4 Å². The molecule has 0 saturated carbocycles. The van der Waals surface area contributed by atoms with Gasteiger partial charge in [0.1, 0.15) is 11.6 Å². The molecule has 0 saturated heterocycles. The van der Waals surface area contributed by atoms with Crippen molar-refractivity contribution in [3.05, 3.63) is 59.2 Å². The molecule has 3 aromatic rings. The van der Waals surface area contributed by atoms with Crippen LogP contribution in [0.2, 0.25) is 5.02 Å². The molecule has 27 heavy (non-hydrogen) atoms. The molecule has 0 spiro atoms. The molecule has 140 valence electrons. The molecule has 5 nitrogen and oxygen atoms in total. The summed E-state index contributed by atoms with van der Waals surface area (Å²) in [4.78, 5) is 9.11. The van der Waals surface area contributed by atoms with E-state index in [-0.39, 0.29) is 11.8 Å². The minimum absolute atomic E-state index is 0.0221. The molecule has 1 heterocycles. The number of aromatic hydroxyl groups is 1. The van der Waals surface area contributed by atoms with Crippen LogP contribution in [0.5, 0.6) is 5.75 Å². The number of nitrogens with two attached hydrogens (primary N) is 1. The fourth-order valence-electron chi connectivity index (χ4n) is 2.65. The molecule has 0 bridgehead atoms. The molecule has 4 N–H and O–H groups in total. The highest BCUT2D eigenvalue weighted by molar-refractivity contribution is 6.30. The lowest BCUT2D eigenvalue weighted by atomic mass is 10.1. The van der Waals surface area contributed by atoms with E-state index >= 15 is 0 Å². The van der Waals surface area contributed by atoms with E-state index in [1.807, 2.05) is 38.1 Å². The second-order valence-corrected chi connectivity index (χ2v) is 6.97. The van der Waals surface area contributed by atoms with E-state index in [4.69, 9.17) is 17.3 Å². The number of phenolic OH excluding ortho intramolecular Hbond substituents is 1. The first-order valence-electron chi connectivity index (χ1n) is 8.90. The smallest absolute Gasteiger partial charge is 0.165 e. The Bertz CT molecular complexity index is 928. The monoisotopic (exact) mass is 382 g/mol. The van der Waals surface area contributed by atoms with Crippen molar-refractivity contribution < 1.29 is 5.11 Å². The summed E-state index contributed by atoms with van der Waals surface area (Å²) in [5.74, 6) is 1.16. The number of aromatic nitrogens is 2. The van der Waals surface area contributed by atoms with E-state index in [0.29, 0.717) is 28.8 Å². The number of rotatable bonds is 6. The van der Waals surface area contributed by atoms with Crippen LogP contribution in [0.4, 0.5) is 5.82 Å². The zero-order valence-corrected chi connectivity index (χ0v) is 16.2. The summed E-state index contributed by atoms with van der Waals surface area (Å²) in [5, 5.41) is 14.0. The number of nitrogens with zero attached hydrogens (tertiary/aromatic N) is 2. The third-order valence-corrected chi connectivity index (χ3v) is 4.64. The van der Waals surface area contributed by atoms with Crippen molar-refractivity contribution in [2.75, 3.05) is 11.9 Å². The molecule has 1 atom stereocenters. The van der Waals surface area contributed by atoms with Gasteiger partial charge in [-0.3, -0.25) is 0 Å². The zero-order chi connectivity index (χ0) is 19.4. The van der Waals surface area contributed by atoms with Crippen LogP contribution in [0.25, 0.3) is 22.5 Å². The number of benzene rings is 2. The van der Waals surface area contributed by atoms with E-state index < -0.39 is 0 Å². The maximum Gasteiger partial charge on any atom is 0.165 e. The largest absolute Gasteiger partial charge is 0.507 e. The minimum Gasteiger partial charge on any atom is -0.507 e. The quantitative estimate of drug-likeness (QED) is 0.579. The Balaban J connectivity index is 2.05. The lowest BCUT2D eigenvalue weighted by molar-refractivity contribution is 0.477. The van der Waals surface area contributed by atoms with Crippen molar-refractivity contribution in [3.8, 4) is 28.3 Å². The van der Waals surface area contributed by atoms with Crippen molar-refractivity contribution in [1.29, 1.82) is 0 Å². The second kappa shape index (κ2) is 8.37. The molecular weight excluding hydrogens is 360 g/mol. The van der Waals surface area contributed by atoms with Crippen LogP contribution in [0, 0.1) is 6.92 Å². The second-order valence-electron chi connectivity index (χ2n) is 6.53. The number of anilines is 1. The van der Waals surface area contributed by atoms with Gasteiger partial charge in [0.05, 0.1) is 5.56 Å². The van der Waals surface area contributed by atoms with Gasteiger partial charge in [-0.15, -0.1) is 0 Å². The van der Waals surface area contributed by atoms with Gasteiger partial charge >= 0.3 is 0 Å². The predicted octanol–water partition coefficient (Wildman–Crippen LogP) is 4.63. The molecule has 6 heteroatoms. The molecule has 0 radical (unpaired) electrons. The fourth-order valence-corrected chi connectivity index (χ4v) is 2.82. The van der Waals surface area contributed by atoms with Gasteiger partial charge in [-0.25, -0.2) is 9.97 Å². The fraction of sp³-hybridized carbons (Fsp3) is 0.238. The van der Waals surface area contributed by atoms with Crippen LogP contribution in [0.15, 0.2) is 48.7 Å². The summed E-state index contributed by atoms with van der Waals surface area (Å²) in [7, 11) is 0. The third-order valence-electron chi connectivity index (χ3n) is 4.41. The number of hydrogen-bond acceptors (Lipinski definition) is 5. The molecular formula is C21H23ClN4O. The molecule has 0 unspecified atom stereocenters. The number of aryl methyl sites for hydroxylation is 1.